The number of rotatable bonds is 2. The molecule has 0 bridgehead atoms. The Morgan fingerprint density at radius 2 is 1.33 bits per heavy atom. The smallest absolute Gasteiger partial charge is 0.00488 e. The molecule has 76 valence electrons. The molecular formula is C8H24N4. The minimum Gasteiger partial charge on any atom is -0.344 e. The van der Waals surface area contributed by atoms with E-state index in [0.29, 0.717) is 0 Å². The minimum atomic E-state index is 0. The first-order chi connectivity index (χ1) is 4.86. The molecule has 4 nitrogen and oxygen atoms in total. The van der Waals surface area contributed by atoms with Gasteiger partial charge in [0, 0.05) is 0 Å². The molecular weight excluding hydrogens is 152 g/mol. The van der Waals surface area contributed by atoms with Crippen LogP contribution in [-0.4, -0.2) is 13.1 Å². The fourth-order valence-corrected chi connectivity index (χ4v) is 1.83. The predicted molar refractivity (Wildman–Crippen MR) is 53.6 cm³/mol. The topological polar surface area (TPSA) is 122 Å². The molecule has 0 aromatic rings. The van der Waals surface area contributed by atoms with E-state index in [1.54, 1.807) is 0 Å². The van der Waals surface area contributed by atoms with Crippen molar-refractivity contribution < 1.29 is 0 Å². The molecule has 1 aliphatic carbocycles. The van der Waals surface area contributed by atoms with Crippen LogP contribution in [0.5, 0.6) is 0 Å². The second kappa shape index (κ2) is 7.49. The highest BCUT2D eigenvalue weighted by molar-refractivity contribution is 4.73. The Balaban J connectivity index is 0. The van der Waals surface area contributed by atoms with Crippen LogP contribution in [0, 0.1) is 11.8 Å². The third-order valence-electron chi connectivity index (χ3n) is 2.56. The van der Waals surface area contributed by atoms with Crippen LogP contribution in [0.3, 0.4) is 0 Å². The van der Waals surface area contributed by atoms with Crippen LogP contribution in [0.25, 0.3) is 0 Å². The Hall–Kier alpha value is -0.160. The van der Waals surface area contributed by atoms with Gasteiger partial charge in [0.25, 0.3) is 0 Å². The molecule has 1 fully saturated rings. The van der Waals surface area contributed by atoms with Crippen LogP contribution in [0.2, 0.25) is 0 Å². The second-order valence-corrected chi connectivity index (χ2v) is 3.37. The maximum atomic E-state index is 5.58. The van der Waals surface area contributed by atoms with E-state index < -0.39 is 0 Å². The van der Waals surface area contributed by atoms with E-state index in [1.165, 1.54) is 25.7 Å². The first kappa shape index (κ1) is 14.4. The van der Waals surface area contributed by atoms with Gasteiger partial charge in [-0.05, 0) is 44.2 Å². The minimum absolute atomic E-state index is 0. The van der Waals surface area contributed by atoms with Crippen molar-refractivity contribution in [2.24, 2.45) is 23.3 Å². The summed E-state index contributed by atoms with van der Waals surface area (Å²) in [6.07, 6.45) is 5.26. The van der Waals surface area contributed by atoms with Gasteiger partial charge in [-0.2, -0.15) is 0 Å². The third-order valence-corrected chi connectivity index (χ3v) is 2.56. The van der Waals surface area contributed by atoms with Crippen molar-refractivity contribution in [3.05, 3.63) is 0 Å². The van der Waals surface area contributed by atoms with Crippen molar-refractivity contribution in [2.75, 3.05) is 13.1 Å². The molecule has 0 radical (unpaired) electrons. The van der Waals surface area contributed by atoms with Crippen LogP contribution >= 0.6 is 0 Å². The highest BCUT2D eigenvalue weighted by atomic mass is 14.6. The Kier molecular flexibility index (Phi) is 8.97. The summed E-state index contributed by atoms with van der Waals surface area (Å²) in [6, 6.07) is 0. The fraction of sp³-hybridized carbons (Fsp3) is 1.00. The SMILES string of the molecule is N.N.NCC1CCCC(CN)C1. The molecule has 2 unspecified atom stereocenters. The molecule has 2 atom stereocenters. The zero-order valence-corrected chi connectivity index (χ0v) is 7.97. The van der Waals surface area contributed by atoms with E-state index in [-0.39, 0.29) is 12.3 Å². The molecule has 0 saturated heterocycles. The van der Waals surface area contributed by atoms with Crippen LogP contribution in [0.1, 0.15) is 25.7 Å². The lowest BCUT2D eigenvalue weighted by Gasteiger charge is -2.26. The van der Waals surface area contributed by atoms with Gasteiger partial charge in [0.05, 0.1) is 0 Å². The molecule has 4 heteroatoms. The van der Waals surface area contributed by atoms with Crippen molar-refractivity contribution in [3.8, 4) is 0 Å². The van der Waals surface area contributed by atoms with Gasteiger partial charge >= 0.3 is 0 Å². The summed E-state index contributed by atoms with van der Waals surface area (Å²) in [5.74, 6) is 1.53. The quantitative estimate of drug-likeness (QED) is 0.502. The lowest BCUT2D eigenvalue weighted by molar-refractivity contribution is 0.277. The van der Waals surface area contributed by atoms with Crippen LogP contribution < -0.4 is 23.8 Å². The van der Waals surface area contributed by atoms with Gasteiger partial charge < -0.3 is 23.8 Å². The number of hydrogen-bond donors (Lipinski definition) is 4. The van der Waals surface area contributed by atoms with Crippen LogP contribution in [0.15, 0.2) is 0 Å². The predicted octanol–water partition coefficient (Wildman–Crippen LogP) is 1.03. The number of hydrogen-bond acceptors (Lipinski definition) is 4. The Labute approximate surface area is 75.2 Å². The van der Waals surface area contributed by atoms with Gasteiger partial charge in [-0.25, -0.2) is 0 Å². The maximum Gasteiger partial charge on any atom is -0.00488 e. The zero-order valence-electron chi connectivity index (χ0n) is 7.97. The standard InChI is InChI=1S/C8H18N2.2H3N/c9-5-7-2-1-3-8(4-7)6-10;;/h7-8H,1-6,9-10H2;2*1H3. The third kappa shape index (κ3) is 4.01. The summed E-state index contributed by atoms with van der Waals surface area (Å²) >= 11 is 0. The Bertz CT molecular complexity index is 87.1. The first-order valence-electron chi connectivity index (χ1n) is 4.27. The molecule has 1 aliphatic rings. The Morgan fingerprint density at radius 3 is 1.67 bits per heavy atom. The van der Waals surface area contributed by atoms with E-state index in [4.69, 9.17) is 11.5 Å². The van der Waals surface area contributed by atoms with Crippen molar-refractivity contribution in [1.82, 2.24) is 12.3 Å². The summed E-state index contributed by atoms with van der Waals surface area (Å²) < 4.78 is 0. The molecule has 0 heterocycles. The summed E-state index contributed by atoms with van der Waals surface area (Å²) in [5.41, 5.74) is 11.2. The molecule has 1 saturated carbocycles. The summed E-state index contributed by atoms with van der Waals surface area (Å²) in [7, 11) is 0. The molecule has 0 aliphatic heterocycles. The molecule has 0 amide bonds. The van der Waals surface area contributed by atoms with Crippen molar-refractivity contribution in [3.63, 3.8) is 0 Å². The largest absolute Gasteiger partial charge is 0.344 e. The van der Waals surface area contributed by atoms with Gasteiger partial charge in [0.1, 0.15) is 0 Å². The molecule has 0 aromatic carbocycles. The summed E-state index contributed by atoms with van der Waals surface area (Å²) in [4.78, 5) is 0. The van der Waals surface area contributed by atoms with Crippen molar-refractivity contribution in [1.29, 1.82) is 0 Å². The highest BCUT2D eigenvalue weighted by Crippen LogP contribution is 2.27. The summed E-state index contributed by atoms with van der Waals surface area (Å²) in [5, 5.41) is 0. The van der Waals surface area contributed by atoms with Gasteiger partial charge in [0.2, 0.25) is 0 Å². The monoisotopic (exact) mass is 176 g/mol. The molecule has 0 spiro atoms. The average Bonchev–Trinajstić information content (AvgIpc) is 2.05. The molecule has 12 heavy (non-hydrogen) atoms. The van der Waals surface area contributed by atoms with E-state index in [9.17, 15) is 0 Å². The average molecular weight is 176 g/mol. The Morgan fingerprint density at radius 1 is 0.917 bits per heavy atom. The second-order valence-electron chi connectivity index (χ2n) is 3.37. The van der Waals surface area contributed by atoms with Crippen molar-refractivity contribution >= 4 is 0 Å². The van der Waals surface area contributed by atoms with E-state index >= 15 is 0 Å². The van der Waals surface area contributed by atoms with E-state index in [1.807, 2.05) is 0 Å². The zero-order chi connectivity index (χ0) is 7.40. The lowest BCUT2D eigenvalue weighted by Crippen LogP contribution is -2.26. The van der Waals surface area contributed by atoms with Gasteiger partial charge in [-0.15, -0.1) is 0 Å². The number of nitrogens with two attached hydrogens (primary N) is 2. The van der Waals surface area contributed by atoms with Gasteiger partial charge in [-0.3, -0.25) is 0 Å². The fourth-order valence-electron chi connectivity index (χ4n) is 1.83. The molecule has 1 rings (SSSR count). The van der Waals surface area contributed by atoms with Gasteiger partial charge in [0.15, 0.2) is 0 Å². The lowest BCUT2D eigenvalue weighted by atomic mass is 9.81. The maximum absolute atomic E-state index is 5.58. The molecule has 10 N–H and O–H groups in total. The first-order valence-corrected chi connectivity index (χ1v) is 4.27. The van der Waals surface area contributed by atoms with E-state index in [0.717, 1.165) is 24.9 Å². The van der Waals surface area contributed by atoms with Crippen molar-refractivity contribution in [2.45, 2.75) is 25.7 Å². The van der Waals surface area contributed by atoms with Crippen LogP contribution in [-0.2, 0) is 0 Å². The van der Waals surface area contributed by atoms with Gasteiger partial charge in [-0.1, -0.05) is 6.42 Å². The normalized spacial score (nSPS) is 28.5. The molecule has 0 aromatic heterocycles. The highest BCUT2D eigenvalue weighted by Gasteiger charge is 2.19. The summed E-state index contributed by atoms with van der Waals surface area (Å²) in [6.45, 7) is 1.72. The van der Waals surface area contributed by atoms with Crippen LogP contribution in [0.4, 0.5) is 0 Å². The van der Waals surface area contributed by atoms with E-state index in [2.05, 4.69) is 0 Å².